The molecule has 9 nitrogen and oxygen atoms in total. The molecule has 1 saturated heterocycles. The molecule has 2 aromatic carbocycles. The quantitative estimate of drug-likeness (QED) is 0.478. The van der Waals surface area contributed by atoms with Crippen molar-refractivity contribution in [3.63, 3.8) is 0 Å². The molecular formula is C23H20N4O5S. The Balaban J connectivity index is 1.58. The molecule has 4 aromatic rings. The smallest absolute Gasteiger partial charge is 0.256 e. The van der Waals surface area contributed by atoms with Crippen molar-refractivity contribution in [3.05, 3.63) is 76.7 Å². The number of nitrogens with zero attached hydrogens (tertiary/aromatic N) is 2. The highest BCUT2D eigenvalue weighted by Crippen LogP contribution is 2.26. The summed E-state index contributed by atoms with van der Waals surface area (Å²) in [6.07, 6.45) is 1.66. The van der Waals surface area contributed by atoms with Gasteiger partial charge in [-0.05, 0) is 42.5 Å². The van der Waals surface area contributed by atoms with E-state index in [1.165, 1.54) is 28.6 Å². The summed E-state index contributed by atoms with van der Waals surface area (Å²) in [5, 5.41) is 3.92. The number of carbonyl (C=O) groups is 1. The molecule has 168 valence electrons. The fourth-order valence-electron chi connectivity index (χ4n) is 3.92. The normalized spacial score (nSPS) is 15.0. The molecular weight excluding hydrogens is 444 g/mol. The topological polar surface area (TPSA) is 121 Å². The third kappa shape index (κ3) is 3.99. The number of rotatable bonds is 4. The summed E-state index contributed by atoms with van der Waals surface area (Å²) >= 11 is 0. The molecule has 0 unspecified atom stereocenters. The third-order valence-electron chi connectivity index (χ3n) is 5.56. The van der Waals surface area contributed by atoms with Gasteiger partial charge in [-0.25, -0.2) is 8.42 Å². The number of carbonyl (C=O) groups excluding carboxylic acids is 1. The summed E-state index contributed by atoms with van der Waals surface area (Å²) in [4.78, 5) is 32.4. The second-order valence-electron chi connectivity index (χ2n) is 7.60. The van der Waals surface area contributed by atoms with Crippen molar-refractivity contribution in [2.45, 2.75) is 4.90 Å². The van der Waals surface area contributed by atoms with E-state index in [2.05, 4.69) is 15.3 Å². The number of aromatic amines is 1. The van der Waals surface area contributed by atoms with E-state index >= 15 is 0 Å². The van der Waals surface area contributed by atoms with Crippen LogP contribution in [0.3, 0.4) is 0 Å². The van der Waals surface area contributed by atoms with Crippen LogP contribution in [0.25, 0.3) is 21.8 Å². The van der Waals surface area contributed by atoms with Gasteiger partial charge in [-0.1, -0.05) is 6.07 Å². The van der Waals surface area contributed by atoms with E-state index in [9.17, 15) is 18.0 Å². The maximum absolute atomic E-state index is 13.2. The molecule has 1 fully saturated rings. The number of nitrogens with one attached hydrogen (secondary N) is 2. The highest BCUT2D eigenvalue weighted by molar-refractivity contribution is 7.89. The highest BCUT2D eigenvalue weighted by Gasteiger charge is 2.27. The third-order valence-corrected chi connectivity index (χ3v) is 7.46. The fourth-order valence-corrected chi connectivity index (χ4v) is 5.35. The first-order chi connectivity index (χ1) is 15.9. The van der Waals surface area contributed by atoms with Crippen molar-refractivity contribution in [1.82, 2.24) is 14.3 Å². The van der Waals surface area contributed by atoms with E-state index in [1.807, 2.05) is 12.1 Å². The van der Waals surface area contributed by atoms with E-state index in [0.717, 1.165) is 5.39 Å². The van der Waals surface area contributed by atoms with Gasteiger partial charge in [0.25, 0.3) is 5.91 Å². The molecule has 10 heteroatoms. The van der Waals surface area contributed by atoms with Crippen molar-refractivity contribution in [2.24, 2.45) is 0 Å². The van der Waals surface area contributed by atoms with Gasteiger partial charge in [0.15, 0.2) is 0 Å². The van der Waals surface area contributed by atoms with Crippen molar-refractivity contribution in [3.8, 4) is 0 Å². The number of pyridine rings is 2. The first-order valence-electron chi connectivity index (χ1n) is 10.3. The number of anilines is 1. The van der Waals surface area contributed by atoms with Crippen LogP contribution < -0.4 is 10.9 Å². The number of aromatic nitrogens is 2. The Kier molecular flexibility index (Phi) is 5.41. The first kappa shape index (κ1) is 21.3. The van der Waals surface area contributed by atoms with Gasteiger partial charge < -0.3 is 15.0 Å². The standard InChI is InChI=1S/C23H20N4O5S/c28-22-14-18(23(29)26-20-5-1-4-19-16(20)3-2-8-24-19)17-13-15(6-7-21(17)25-22)33(30,31)27-9-11-32-12-10-27/h1-8,13-14H,9-12H2,(H,25,28)(H,26,29). The van der Waals surface area contributed by atoms with Gasteiger partial charge in [-0.3, -0.25) is 14.6 Å². The molecule has 0 bridgehead atoms. The molecule has 0 radical (unpaired) electrons. The number of fused-ring (bicyclic) bond motifs is 2. The second kappa shape index (κ2) is 8.39. The molecule has 5 rings (SSSR count). The monoisotopic (exact) mass is 464 g/mol. The van der Waals surface area contributed by atoms with Gasteiger partial charge in [0.2, 0.25) is 15.6 Å². The van der Waals surface area contributed by atoms with E-state index in [0.29, 0.717) is 35.3 Å². The van der Waals surface area contributed by atoms with Gasteiger partial charge in [-0.15, -0.1) is 0 Å². The number of benzene rings is 2. The first-order valence-corrected chi connectivity index (χ1v) is 11.8. The van der Waals surface area contributed by atoms with Crippen molar-refractivity contribution in [1.29, 1.82) is 0 Å². The Labute approximate surface area is 189 Å². The van der Waals surface area contributed by atoms with Gasteiger partial charge in [0.1, 0.15) is 0 Å². The molecule has 1 aliphatic rings. The molecule has 2 aromatic heterocycles. The number of H-pyrrole nitrogens is 1. The second-order valence-corrected chi connectivity index (χ2v) is 9.54. The van der Waals surface area contributed by atoms with Crippen LogP contribution in [-0.2, 0) is 14.8 Å². The average Bonchev–Trinajstić information content (AvgIpc) is 2.84. The van der Waals surface area contributed by atoms with Gasteiger partial charge in [-0.2, -0.15) is 4.31 Å². The Morgan fingerprint density at radius 1 is 1.03 bits per heavy atom. The molecule has 0 saturated carbocycles. The van der Waals surface area contributed by atoms with E-state index in [4.69, 9.17) is 4.74 Å². The minimum absolute atomic E-state index is 0.0485. The van der Waals surface area contributed by atoms with Crippen molar-refractivity contribution < 1.29 is 17.9 Å². The molecule has 0 spiro atoms. The molecule has 1 amide bonds. The Hall–Kier alpha value is -3.60. The Morgan fingerprint density at radius 3 is 2.67 bits per heavy atom. The highest BCUT2D eigenvalue weighted by atomic mass is 32.2. The number of ether oxygens (including phenoxy) is 1. The predicted octanol–water partition coefficient (Wildman–Crippen LogP) is 2.35. The Morgan fingerprint density at radius 2 is 1.85 bits per heavy atom. The summed E-state index contributed by atoms with van der Waals surface area (Å²) in [6, 6.07) is 14.5. The number of morpholine rings is 1. The largest absolute Gasteiger partial charge is 0.379 e. The lowest BCUT2D eigenvalue weighted by Crippen LogP contribution is -2.40. The molecule has 2 N–H and O–H groups in total. The van der Waals surface area contributed by atoms with Crippen LogP contribution >= 0.6 is 0 Å². The number of hydrogen-bond donors (Lipinski definition) is 2. The summed E-state index contributed by atoms with van der Waals surface area (Å²) < 4.78 is 32.8. The SMILES string of the molecule is O=C(Nc1cccc2ncccc12)c1cc(=O)[nH]c2ccc(S(=O)(=O)N3CCOCC3)cc12. The van der Waals surface area contributed by atoms with Crippen molar-refractivity contribution >= 4 is 43.4 Å². The van der Waals surface area contributed by atoms with Gasteiger partial charge >= 0.3 is 0 Å². The summed E-state index contributed by atoms with van der Waals surface area (Å²) in [5.41, 5.74) is 1.24. The van der Waals surface area contributed by atoms with Crippen LogP contribution in [-0.4, -0.2) is 54.9 Å². The maximum Gasteiger partial charge on any atom is 0.256 e. The Bertz CT molecular complexity index is 1540. The predicted molar refractivity (Wildman–Crippen MR) is 124 cm³/mol. The fraction of sp³-hybridized carbons (Fsp3) is 0.174. The van der Waals surface area contributed by atoms with E-state index in [-0.39, 0.29) is 23.5 Å². The van der Waals surface area contributed by atoms with Crippen molar-refractivity contribution in [2.75, 3.05) is 31.6 Å². The zero-order chi connectivity index (χ0) is 23.0. The van der Waals surface area contributed by atoms with Gasteiger partial charge in [0.05, 0.1) is 34.9 Å². The molecule has 3 heterocycles. The minimum Gasteiger partial charge on any atom is -0.379 e. The lowest BCUT2D eigenvalue weighted by atomic mass is 10.1. The number of sulfonamides is 1. The zero-order valence-corrected chi connectivity index (χ0v) is 18.3. The summed E-state index contributed by atoms with van der Waals surface area (Å²) in [6.45, 7) is 1.17. The van der Waals surface area contributed by atoms with Crippen LogP contribution in [0.5, 0.6) is 0 Å². The van der Waals surface area contributed by atoms with Crippen LogP contribution in [0.2, 0.25) is 0 Å². The molecule has 33 heavy (non-hydrogen) atoms. The minimum atomic E-state index is -3.77. The lowest BCUT2D eigenvalue weighted by Gasteiger charge is -2.26. The molecule has 0 atom stereocenters. The van der Waals surface area contributed by atoms with Crippen LogP contribution in [0, 0.1) is 0 Å². The molecule has 1 aliphatic heterocycles. The summed E-state index contributed by atoms with van der Waals surface area (Å²) in [7, 11) is -3.77. The molecule has 0 aliphatic carbocycles. The van der Waals surface area contributed by atoms with Crippen LogP contribution in [0.1, 0.15) is 10.4 Å². The lowest BCUT2D eigenvalue weighted by molar-refractivity contribution is 0.0730. The van der Waals surface area contributed by atoms with Crippen LogP contribution in [0.4, 0.5) is 5.69 Å². The van der Waals surface area contributed by atoms with E-state index in [1.54, 1.807) is 24.4 Å². The maximum atomic E-state index is 13.2. The van der Waals surface area contributed by atoms with Crippen LogP contribution in [0.15, 0.2) is 70.5 Å². The number of amides is 1. The summed E-state index contributed by atoms with van der Waals surface area (Å²) in [5.74, 6) is -0.525. The van der Waals surface area contributed by atoms with E-state index < -0.39 is 21.5 Å². The zero-order valence-electron chi connectivity index (χ0n) is 17.4. The average molecular weight is 465 g/mol. The van der Waals surface area contributed by atoms with Gasteiger partial charge in [0, 0.05) is 41.6 Å². The number of hydrogen-bond acceptors (Lipinski definition) is 6.